The van der Waals surface area contributed by atoms with Gasteiger partial charge in [0.15, 0.2) is 0 Å². The standard InChI is InChI=1S/C13H22N2O/c1-13(2,3)11-15(7-8-16)10-12-5-4-6-14-9-12/h4-6,9,16H,7-8,10-11H2,1-3H3. The molecule has 1 rings (SSSR count). The zero-order valence-electron chi connectivity index (χ0n) is 10.5. The van der Waals surface area contributed by atoms with Crippen LogP contribution in [0.2, 0.25) is 0 Å². The number of nitrogens with zero attached hydrogens (tertiary/aromatic N) is 2. The minimum absolute atomic E-state index is 0.205. The van der Waals surface area contributed by atoms with E-state index >= 15 is 0 Å². The summed E-state index contributed by atoms with van der Waals surface area (Å²) < 4.78 is 0. The monoisotopic (exact) mass is 222 g/mol. The molecule has 0 unspecified atom stereocenters. The molecule has 1 heterocycles. The zero-order chi connectivity index (χ0) is 12.0. The number of aliphatic hydroxyl groups excluding tert-OH is 1. The highest BCUT2D eigenvalue weighted by Crippen LogP contribution is 2.16. The lowest BCUT2D eigenvalue weighted by molar-refractivity contribution is 0.146. The van der Waals surface area contributed by atoms with Gasteiger partial charge in [0, 0.05) is 32.0 Å². The summed E-state index contributed by atoms with van der Waals surface area (Å²) >= 11 is 0. The van der Waals surface area contributed by atoms with E-state index in [-0.39, 0.29) is 12.0 Å². The summed E-state index contributed by atoms with van der Waals surface area (Å²) in [4.78, 5) is 6.37. The molecule has 0 fully saturated rings. The Morgan fingerprint density at radius 2 is 2.12 bits per heavy atom. The maximum absolute atomic E-state index is 9.05. The highest BCUT2D eigenvalue weighted by atomic mass is 16.3. The Kier molecular flexibility index (Phi) is 4.90. The van der Waals surface area contributed by atoms with E-state index < -0.39 is 0 Å². The van der Waals surface area contributed by atoms with Crippen LogP contribution in [0.3, 0.4) is 0 Å². The van der Waals surface area contributed by atoms with Crippen LogP contribution in [-0.2, 0) is 6.54 Å². The van der Waals surface area contributed by atoms with Gasteiger partial charge in [0.05, 0.1) is 6.61 Å². The van der Waals surface area contributed by atoms with Gasteiger partial charge in [0.2, 0.25) is 0 Å². The minimum atomic E-state index is 0.205. The predicted molar refractivity (Wildman–Crippen MR) is 66.1 cm³/mol. The third-order valence-corrected chi connectivity index (χ3v) is 2.24. The van der Waals surface area contributed by atoms with Crippen LogP contribution < -0.4 is 0 Å². The third-order valence-electron chi connectivity index (χ3n) is 2.24. The van der Waals surface area contributed by atoms with Crippen molar-refractivity contribution in [3.05, 3.63) is 30.1 Å². The lowest BCUT2D eigenvalue weighted by Crippen LogP contribution is -2.34. The summed E-state index contributed by atoms with van der Waals surface area (Å²) in [6.45, 7) is 9.37. The predicted octanol–water partition coefficient (Wildman–Crippen LogP) is 1.92. The first-order chi connectivity index (χ1) is 7.51. The fraction of sp³-hybridized carbons (Fsp3) is 0.615. The van der Waals surface area contributed by atoms with Crippen molar-refractivity contribution in [1.82, 2.24) is 9.88 Å². The Morgan fingerprint density at radius 1 is 1.38 bits per heavy atom. The molecule has 0 aromatic carbocycles. The van der Waals surface area contributed by atoms with E-state index in [0.29, 0.717) is 6.54 Å². The summed E-state index contributed by atoms with van der Waals surface area (Å²) in [7, 11) is 0. The summed E-state index contributed by atoms with van der Waals surface area (Å²) in [6, 6.07) is 4.02. The Labute approximate surface area is 98.1 Å². The maximum Gasteiger partial charge on any atom is 0.0558 e. The molecule has 1 N–H and O–H groups in total. The molecule has 0 saturated carbocycles. The van der Waals surface area contributed by atoms with Crippen molar-refractivity contribution in [1.29, 1.82) is 0 Å². The van der Waals surface area contributed by atoms with Gasteiger partial charge in [0.1, 0.15) is 0 Å². The number of rotatable bonds is 5. The molecule has 0 saturated heterocycles. The van der Waals surface area contributed by atoms with Crippen LogP contribution in [0, 0.1) is 5.41 Å². The smallest absolute Gasteiger partial charge is 0.0558 e. The van der Waals surface area contributed by atoms with E-state index in [4.69, 9.17) is 5.11 Å². The van der Waals surface area contributed by atoms with Gasteiger partial charge in [-0.1, -0.05) is 26.8 Å². The molecule has 90 valence electrons. The first kappa shape index (κ1) is 13.1. The Morgan fingerprint density at radius 3 is 2.62 bits per heavy atom. The molecule has 0 spiro atoms. The Hall–Kier alpha value is -0.930. The van der Waals surface area contributed by atoms with Crippen LogP contribution in [-0.4, -0.2) is 34.7 Å². The molecular weight excluding hydrogens is 200 g/mol. The molecule has 0 aliphatic carbocycles. The van der Waals surface area contributed by atoms with E-state index in [9.17, 15) is 0 Å². The molecule has 3 heteroatoms. The van der Waals surface area contributed by atoms with Gasteiger partial charge in [-0.05, 0) is 17.0 Å². The Bertz CT molecular complexity index is 293. The molecule has 0 bridgehead atoms. The largest absolute Gasteiger partial charge is 0.395 e. The SMILES string of the molecule is CC(C)(C)CN(CCO)Cc1cccnc1. The lowest BCUT2D eigenvalue weighted by Gasteiger charge is -2.29. The number of hydrogen-bond donors (Lipinski definition) is 1. The molecule has 16 heavy (non-hydrogen) atoms. The molecule has 1 aromatic rings. The number of aliphatic hydroxyl groups is 1. The van der Waals surface area contributed by atoms with E-state index in [1.807, 2.05) is 12.3 Å². The third kappa shape index (κ3) is 5.24. The van der Waals surface area contributed by atoms with Gasteiger partial charge in [-0.2, -0.15) is 0 Å². The average Bonchev–Trinajstić information content (AvgIpc) is 2.17. The molecule has 0 atom stereocenters. The summed E-state index contributed by atoms with van der Waals surface area (Å²) in [5.41, 5.74) is 1.44. The second-order valence-corrected chi connectivity index (χ2v) is 5.36. The van der Waals surface area contributed by atoms with Gasteiger partial charge in [-0.25, -0.2) is 0 Å². The molecule has 0 aliphatic heterocycles. The summed E-state index contributed by atoms with van der Waals surface area (Å²) in [5, 5.41) is 9.05. The lowest BCUT2D eigenvalue weighted by atomic mass is 9.96. The fourth-order valence-electron chi connectivity index (χ4n) is 1.78. The van der Waals surface area contributed by atoms with Crippen molar-refractivity contribution < 1.29 is 5.11 Å². The summed E-state index contributed by atoms with van der Waals surface area (Å²) in [6.07, 6.45) is 3.66. The second-order valence-electron chi connectivity index (χ2n) is 5.36. The van der Waals surface area contributed by atoms with Gasteiger partial charge in [0.25, 0.3) is 0 Å². The van der Waals surface area contributed by atoms with E-state index in [1.54, 1.807) is 6.20 Å². The van der Waals surface area contributed by atoms with Crippen molar-refractivity contribution in [2.75, 3.05) is 19.7 Å². The number of aromatic nitrogens is 1. The van der Waals surface area contributed by atoms with E-state index in [2.05, 4.69) is 36.7 Å². The molecular formula is C13H22N2O. The van der Waals surface area contributed by atoms with Crippen LogP contribution in [0.5, 0.6) is 0 Å². The van der Waals surface area contributed by atoms with Crippen LogP contribution in [0.1, 0.15) is 26.3 Å². The number of pyridine rings is 1. The quantitative estimate of drug-likeness (QED) is 0.827. The van der Waals surface area contributed by atoms with E-state index in [1.165, 1.54) is 5.56 Å². The highest BCUT2D eigenvalue weighted by Gasteiger charge is 2.16. The van der Waals surface area contributed by atoms with Gasteiger partial charge >= 0.3 is 0 Å². The second kappa shape index (κ2) is 5.97. The fourth-order valence-corrected chi connectivity index (χ4v) is 1.78. The molecule has 0 amide bonds. The van der Waals surface area contributed by atoms with Gasteiger partial charge in [-0.15, -0.1) is 0 Å². The van der Waals surface area contributed by atoms with Crippen molar-refractivity contribution in [2.24, 2.45) is 5.41 Å². The topological polar surface area (TPSA) is 36.4 Å². The van der Waals surface area contributed by atoms with E-state index in [0.717, 1.165) is 13.1 Å². The zero-order valence-corrected chi connectivity index (χ0v) is 10.5. The highest BCUT2D eigenvalue weighted by molar-refractivity contribution is 5.08. The average molecular weight is 222 g/mol. The van der Waals surface area contributed by atoms with Gasteiger partial charge in [-0.3, -0.25) is 9.88 Å². The van der Waals surface area contributed by atoms with Crippen molar-refractivity contribution in [2.45, 2.75) is 27.3 Å². The van der Waals surface area contributed by atoms with Crippen LogP contribution in [0.4, 0.5) is 0 Å². The summed E-state index contributed by atoms with van der Waals surface area (Å²) in [5.74, 6) is 0. The normalized spacial score (nSPS) is 12.1. The van der Waals surface area contributed by atoms with Crippen molar-refractivity contribution in [3.8, 4) is 0 Å². The van der Waals surface area contributed by atoms with Gasteiger partial charge < -0.3 is 5.11 Å². The van der Waals surface area contributed by atoms with Crippen LogP contribution in [0.15, 0.2) is 24.5 Å². The molecule has 0 radical (unpaired) electrons. The molecule has 1 aromatic heterocycles. The minimum Gasteiger partial charge on any atom is -0.395 e. The van der Waals surface area contributed by atoms with Crippen molar-refractivity contribution >= 4 is 0 Å². The van der Waals surface area contributed by atoms with Crippen molar-refractivity contribution in [3.63, 3.8) is 0 Å². The maximum atomic E-state index is 9.05. The van der Waals surface area contributed by atoms with Crippen LogP contribution >= 0.6 is 0 Å². The molecule has 0 aliphatic rings. The Balaban J connectivity index is 2.58. The number of hydrogen-bond acceptors (Lipinski definition) is 3. The first-order valence-corrected chi connectivity index (χ1v) is 5.73. The molecule has 3 nitrogen and oxygen atoms in total. The van der Waals surface area contributed by atoms with Crippen LogP contribution in [0.25, 0.3) is 0 Å². The first-order valence-electron chi connectivity index (χ1n) is 5.73.